The highest BCUT2D eigenvalue weighted by molar-refractivity contribution is 5.72. The van der Waals surface area contributed by atoms with E-state index in [1.807, 2.05) is 13.8 Å². The van der Waals surface area contributed by atoms with Gasteiger partial charge in [-0.15, -0.1) is 0 Å². The molecule has 3 nitrogen and oxygen atoms in total. The summed E-state index contributed by atoms with van der Waals surface area (Å²) in [6.07, 6.45) is -2.49. The van der Waals surface area contributed by atoms with Crippen LogP contribution in [0.1, 0.15) is 72.6 Å². The Balaban J connectivity index is 3.87. The normalized spacial score (nSPS) is 14.9. The van der Waals surface area contributed by atoms with Gasteiger partial charge in [0.2, 0.25) is 0 Å². The number of hydrogen-bond acceptors (Lipinski definition) is 3. The van der Waals surface area contributed by atoms with Crippen LogP contribution in [0.4, 0.5) is 13.2 Å². The lowest BCUT2D eigenvalue weighted by Gasteiger charge is -2.22. The van der Waals surface area contributed by atoms with Gasteiger partial charge >= 0.3 is 12.1 Å². The Labute approximate surface area is 144 Å². The van der Waals surface area contributed by atoms with Crippen molar-refractivity contribution < 1.29 is 27.8 Å². The molecule has 0 spiro atoms. The number of alkyl halides is 3. The fourth-order valence-electron chi connectivity index (χ4n) is 2.58. The Morgan fingerprint density at radius 1 is 1.04 bits per heavy atom. The maximum absolute atomic E-state index is 12.1. The first-order chi connectivity index (χ1) is 11.0. The Bertz CT molecular complexity index is 341. The molecule has 0 rings (SSSR count). The Hall–Kier alpha value is -0.780. The lowest BCUT2D eigenvalue weighted by atomic mass is 9.88. The Morgan fingerprint density at radius 3 is 2.12 bits per heavy atom. The summed E-state index contributed by atoms with van der Waals surface area (Å²) in [4.78, 5) is 12.1. The van der Waals surface area contributed by atoms with Gasteiger partial charge in [0.25, 0.3) is 0 Å². The van der Waals surface area contributed by atoms with Gasteiger partial charge in [0.15, 0.2) is 0 Å². The van der Waals surface area contributed by atoms with Gasteiger partial charge in [0.05, 0.1) is 12.0 Å². The van der Waals surface area contributed by atoms with Crippen LogP contribution in [0.3, 0.4) is 0 Å². The quantitative estimate of drug-likeness (QED) is 0.391. The number of unbranched alkanes of at least 4 members (excludes halogenated alkanes) is 3. The summed E-state index contributed by atoms with van der Waals surface area (Å²) in [5, 5.41) is 9.83. The van der Waals surface area contributed by atoms with Gasteiger partial charge in [-0.1, -0.05) is 47.0 Å². The number of esters is 1. The van der Waals surface area contributed by atoms with E-state index in [0.29, 0.717) is 31.6 Å². The summed E-state index contributed by atoms with van der Waals surface area (Å²) in [6.45, 7) is 8.02. The third kappa shape index (κ3) is 12.6. The smallest absolute Gasteiger partial charge is 0.389 e. The Morgan fingerprint density at radius 2 is 1.62 bits per heavy atom. The largest absolute Gasteiger partial charge is 0.463 e. The molecule has 0 radical (unpaired) electrons. The Kier molecular flexibility index (Phi) is 11.3. The molecular formula is C18H33F3O3. The molecule has 0 amide bonds. The second kappa shape index (κ2) is 11.7. The van der Waals surface area contributed by atoms with Crippen molar-refractivity contribution in [2.24, 2.45) is 17.8 Å². The zero-order valence-corrected chi connectivity index (χ0v) is 15.4. The topological polar surface area (TPSA) is 46.5 Å². The van der Waals surface area contributed by atoms with Crippen LogP contribution in [-0.2, 0) is 9.53 Å². The number of carbonyl (C=O) groups excluding carboxylic acids is 1. The maximum atomic E-state index is 12.1. The predicted molar refractivity (Wildman–Crippen MR) is 88.5 cm³/mol. The first kappa shape index (κ1) is 23.2. The van der Waals surface area contributed by atoms with E-state index in [2.05, 4.69) is 13.8 Å². The van der Waals surface area contributed by atoms with Crippen LogP contribution in [0.5, 0.6) is 0 Å². The molecule has 144 valence electrons. The van der Waals surface area contributed by atoms with Gasteiger partial charge in [0.1, 0.15) is 6.61 Å². The van der Waals surface area contributed by atoms with Gasteiger partial charge in [-0.3, -0.25) is 4.79 Å². The SMILES string of the molecule is CC(C)CC(C(=O)OCC(O)CCCCCCC(F)(F)F)C(C)C. The van der Waals surface area contributed by atoms with Crippen LogP contribution in [0, 0.1) is 17.8 Å². The van der Waals surface area contributed by atoms with Crippen molar-refractivity contribution in [2.45, 2.75) is 84.9 Å². The summed E-state index contributed by atoms with van der Waals surface area (Å²) in [5.74, 6) is 0.139. The van der Waals surface area contributed by atoms with Crippen LogP contribution in [0.2, 0.25) is 0 Å². The molecule has 0 aliphatic carbocycles. The van der Waals surface area contributed by atoms with E-state index >= 15 is 0 Å². The molecule has 0 saturated heterocycles. The zero-order chi connectivity index (χ0) is 18.8. The van der Waals surface area contributed by atoms with E-state index in [0.717, 1.165) is 6.42 Å². The van der Waals surface area contributed by atoms with E-state index in [1.165, 1.54) is 0 Å². The minimum absolute atomic E-state index is 0.0390. The van der Waals surface area contributed by atoms with Crippen LogP contribution in [0.15, 0.2) is 0 Å². The number of rotatable bonds is 12. The highest BCUT2D eigenvalue weighted by Crippen LogP contribution is 2.23. The molecule has 2 unspecified atom stereocenters. The molecular weight excluding hydrogens is 321 g/mol. The average molecular weight is 354 g/mol. The molecule has 0 bridgehead atoms. The first-order valence-corrected chi connectivity index (χ1v) is 8.94. The monoisotopic (exact) mass is 354 g/mol. The molecule has 0 aromatic carbocycles. The van der Waals surface area contributed by atoms with Crippen molar-refractivity contribution in [3.05, 3.63) is 0 Å². The summed E-state index contributed by atoms with van der Waals surface area (Å²) >= 11 is 0. The number of ether oxygens (including phenoxy) is 1. The van der Waals surface area contributed by atoms with Gasteiger partial charge in [-0.05, 0) is 31.1 Å². The summed E-state index contributed by atoms with van der Waals surface area (Å²) in [7, 11) is 0. The van der Waals surface area contributed by atoms with Crippen LogP contribution in [-0.4, -0.2) is 30.0 Å². The highest BCUT2D eigenvalue weighted by Gasteiger charge is 2.26. The molecule has 6 heteroatoms. The van der Waals surface area contributed by atoms with E-state index in [1.54, 1.807) is 0 Å². The number of aliphatic hydroxyl groups is 1. The number of halogens is 3. The minimum Gasteiger partial charge on any atom is -0.463 e. The number of aliphatic hydroxyl groups excluding tert-OH is 1. The second-order valence-electron chi connectivity index (χ2n) is 7.33. The molecule has 0 aliphatic heterocycles. The van der Waals surface area contributed by atoms with Gasteiger partial charge in [-0.25, -0.2) is 0 Å². The molecule has 24 heavy (non-hydrogen) atoms. The maximum Gasteiger partial charge on any atom is 0.389 e. The number of hydrogen-bond donors (Lipinski definition) is 1. The minimum atomic E-state index is -4.09. The van der Waals surface area contributed by atoms with Crippen molar-refractivity contribution >= 4 is 5.97 Å². The van der Waals surface area contributed by atoms with E-state index in [-0.39, 0.29) is 30.8 Å². The van der Waals surface area contributed by atoms with Crippen LogP contribution < -0.4 is 0 Å². The predicted octanol–water partition coefficient (Wildman–Crippen LogP) is 5.11. The van der Waals surface area contributed by atoms with Gasteiger partial charge in [0, 0.05) is 6.42 Å². The molecule has 2 atom stereocenters. The molecule has 0 aromatic heterocycles. The second-order valence-corrected chi connectivity index (χ2v) is 7.33. The molecule has 0 saturated carbocycles. The van der Waals surface area contributed by atoms with Gasteiger partial charge < -0.3 is 9.84 Å². The average Bonchev–Trinajstić information content (AvgIpc) is 2.44. The van der Waals surface area contributed by atoms with Crippen molar-refractivity contribution in [3.8, 4) is 0 Å². The molecule has 0 aromatic rings. The van der Waals surface area contributed by atoms with Gasteiger partial charge in [-0.2, -0.15) is 13.2 Å². The molecule has 0 aliphatic rings. The lowest BCUT2D eigenvalue weighted by Crippen LogP contribution is -2.27. The van der Waals surface area contributed by atoms with Crippen LogP contribution in [0.25, 0.3) is 0 Å². The van der Waals surface area contributed by atoms with E-state index in [4.69, 9.17) is 4.74 Å². The van der Waals surface area contributed by atoms with E-state index in [9.17, 15) is 23.1 Å². The van der Waals surface area contributed by atoms with Crippen molar-refractivity contribution in [2.75, 3.05) is 6.61 Å². The molecule has 0 heterocycles. The fourth-order valence-corrected chi connectivity index (χ4v) is 2.58. The number of carbonyl (C=O) groups is 1. The van der Waals surface area contributed by atoms with Crippen molar-refractivity contribution in [3.63, 3.8) is 0 Å². The zero-order valence-electron chi connectivity index (χ0n) is 15.4. The molecule has 1 N–H and O–H groups in total. The van der Waals surface area contributed by atoms with Crippen LogP contribution >= 0.6 is 0 Å². The summed E-state index contributed by atoms with van der Waals surface area (Å²) in [6, 6.07) is 0. The molecule has 0 fully saturated rings. The standard InChI is InChI=1S/C18H33F3O3/c1-13(2)11-16(14(3)4)17(23)24-12-15(22)9-7-5-6-8-10-18(19,20)21/h13-16,22H,5-12H2,1-4H3. The van der Waals surface area contributed by atoms with Crippen molar-refractivity contribution in [1.29, 1.82) is 0 Å². The fraction of sp³-hybridized carbons (Fsp3) is 0.944. The lowest BCUT2D eigenvalue weighted by molar-refractivity contribution is -0.154. The summed E-state index contributed by atoms with van der Waals surface area (Å²) in [5.41, 5.74) is 0. The van der Waals surface area contributed by atoms with Crippen molar-refractivity contribution in [1.82, 2.24) is 0 Å². The van der Waals surface area contributed by atoms with E-state index < -0.39 is 18.7 Å². The third-order valence-electron chi connectivity index (χ3n) is 4.00. The highest BCUT2D eigenvalue weighted by atomic mass is 19.4. The third-order valence-corrected chi connectivity index (χ3v) is 4.00. The summed E-state index contributed by atoms with van der Waals surface area (Å²) < 4.78 is 41.2. The first-order valence-electron chi connectivity index (χ1n) is 8.94.